The van der Waals surface area contributed by atoms with Crippen molar-refractivity contribution in [3.63, 3.8) is 0 Å². The molecule has 0 aliphatic heterocycles. The minimum atomic E-state index is 0.599. The molecule has 0 spiro atoms. The molecule has 2 aromatic carbocycles. The number of fused-ring (bicyclic) bond motifs is 1. The monoisotopic (exact) mass is 236 g/mol. The van der Waals surface area contributed by atoms with E-state index in [-0.39, 0.29) is 0 Å². The minimum absolute atomic E-state index is 0.599. The quantitative estimate of drug-likeness (QED) is 0.481. The van der Waals surface area contributed by atoms with Crippen LogP contribution in [0.25, 0.3) is 22.3 Å². The third-order valence-electron chi connectivity index (χ3n) is 2.98. The number of para-hydroxylation sites is 2. The van der Waals surface area contributed by atoms with Crippen molar-refractivity contribution in [3.8, 4) is 11.3 Å². The summed E-state index contributed by atoms with van der Waals surface area (Å²) in [5.41, 5.74) is 3.58. The fourth-order valence-electron chi connectivity index (χ4n) is 2.15. The standard InChI is InChI=1S/C15H12N2O/c1-11-15(12-7-3-2-4-8-12)17(18)14-10-6-5-9-13(14)16-11/h2-10H,1H3. The molecule has 0 amide bonds. The largest absolute Gasteiger partial charge is 0.618 e. The maximum absolute atomic E-state index is 12.4. The van der Waals surface area contributed by atoms with Crippen molar-refractivity contribution in [3.05, 3.63) is 65.5 Å². The molecular weight excluding hydrogens is 224 g/mol. The van der Waals surface area contributed by atoms with Gasteiger partial charge >= 0.3 is 0 Å². The third kappa shape index (κ3) is 1.61. The summed E-state index contributed by atoms with van der Waals surface area (Å²) in [4.78, 5) is 4.49. The summed E-state index contributed by atoms with van der Waals surface area (Å²) in [5.74, 6) is 0. The molecular formula is C15H12N2O. The van der Waals surface area contributed by atoms with Gasteiger partial charge in [0.05, 0.1) is 0 Å². The Bertz CT molecular complexity index is 708. The molecule has 0 aliphatic rings. The third-order valence-corrected chi connectivity index (χ3v) is 2.98. The maximum atomic E-state index is 12.4. The highest BCUT2D eigenvalue weighted by Gasteiger charge is 2.17. The van der Waals surface area contributed by atoms with Gasteiger partial charge in [-0.1, -0.05) is 30.3 Å². The molecule has 3 aromatic rings. The van der Waals surface area contributed by atoms with Gasteiger partial charge in [-0.2, -0.15) is 4.73 Å². The first-order valence-electron chi connectivity index (χ1n) is 5.82. The molecule has 0 unspecified atom stereocenters. The lowest BCUT2D eigenvalue weighted by molar-refractivity contribution is -0.565. The Balaban J connectivity index is 2.37. The van der Waals surface area contributed by atoms with Crippen LogP contribution in [0.1, 0.15) is 5.69 Å². The van der Waals surface area contributed by atoms with Crippen molar-refractivity contribution >= 4 is 11.0 Å². The van der Waals surface area contributed by atoms with Crippen molar-refractivity contribution in [1.29, 1.82) is 0 Å². The molecule has 0 atom stereocenters. The van der Waals surface area contributed by atoms with Gasteiger partial charge in [0.1, 0.15) is 11.2 Å². The Hall–Kier alpha value is -2.42. The van der Waals surface area contributed by atoms with Crippen LogP contribution in [0, 0.1) is 12.1 Å². The smallest absolute Gasteiger partial charge is 0.245 e. The van der Waals surface area contributed by atoms with Gasteiger partial charge in [0, 0.05) is 11.6 Å². The second kappa shape index (κ2) is 4.11. The molecule has 3 rings (SSSR count). The van der Waals surface area contributed by atoms with E-state index in [1.807, 2.05) is 55.5 Å². The van der Waals surface area contributed by atoms with Gasteiger partial charge < -0.3 is 5.21 Å². The van der Waals surface area contributed by atoms with Gasteiger partial charge in [0.2, 0.25) is 11.2 Å². The zero-order chi connectivity index (χ0) is 12.5. The Kier molecular flexibility index (Phi) is 2.45. The highest BCUT2D eigenvalue weighted by molar-refractivity contribution is 5.73. The van der Waals surface area contributed by atoms with Crippen LogP contribution in [0.5, 0.6) is 0 Å². The summed E-state index contributed by atoms with van der Waals surface area (Å²) in [5, 5.41) is 12.4. The second-order valence-corrected chi connectivity index (χ2v) is 4.19. The van der Waals surface area contributed by atoms with E-state index >= 15 is 0 Å². The van der Waals surface area contributed by atoms with Crippen LogP contribution in [0.2, 0.25) is 0 Å². The molecule has 3 nitrogen and oxygen atoms in total. The summed E-state index contributed by atoms with van der Waals surface area (Å²) in [6.45, 7) is 1.86. The molecule has 0 aliphatic carbocycles. The van der Waals surface area contributed by atoms with Crippen LogP contribution in [0.4, 0.5) is 0 Å². The van der Waals surface area contributed by atoms with Crippen molar-refractivity contribution < 1.29 is 4.73 Å². The van der Waals surface area contributed by atoms with Crippen LogP contribution >= 0.6 is 0 Å². The summed E-state index contributed by atoms with van der Waals surface area (Å²) in [7, 11) is 0. The normalized spacial score (nSPS) is 10.7. The predicted molar refractivity (Wildman–Crippen MR) is 70.9 cm³/mol. The van der Waals surface area contributed by atoms with Crippen LogP contribution in [-0.2, 0) is 0 Å². The van der Waals surface area contributed by atoms with E-state index in [4.69, 9.17) is 0 Å². The Morgan fingerprint density at radius 1 is 0.944 bits per heavy atom. The number of nitrogens with zero attached hydrogens (tertiary/aromatic N) is 2. The zero-order valence-electron chi connectivity index (χ0n) is 10.00. The molecule has 0 fully saturated rings. The molecule has 88 valence electrons. The lowest BCUT2D eigenvalue weighted by atomic mass is 10.1. The lowest BCUT2D eigenvalue weighted by Crippen LogP contribution is -2.32. The summed E-state index contributed by atoms with van der Waals surface area (Å²) in [6, 6.07) is 17.0. The van der Waals surface area contributed by atoms with Crippen molar-refractivity contribution in [2.75, 3.05) is 0 Å². The van der Waals surface area contributed by atoms with Crippen LogP contribution in [0.15, 0.2) is 54.6 Å². The average molecular weight is 236 g/mol. The van der Waals surface area contributed by atoms with E-state index < -0.39 is 0 Å². The molecule has 0 bridgehead atoms. The van der Waals surface area contributed by atoms with E-state index in [2.05, 4.69) is 4.98 Å². The molecule has 0 saturated carbocycles. The van der Waals surface area contributed by atoms with Crippen LogP contribution < -0.4 is 4.73 Å². The van der Waals surface area contributed by atoms with E-state index in [1.165, 1.54) is 0 Å². The first-order chi connectivity index (χ1) is 8.77. The van der Waals surface area contributed by atoms with Crippen molar-refractivity contribution in [2.45, 2.75) is 6.92 Å². The Morgan fingerprint density at radius 2 is 1.61 bits per heavy atom. The molecule has 1 aromatic heterocycles. The van der Waals surface area contributed by atoms with Gasteiger partial charge in [-0.05, 0) is 25.1 Å². The number of rotatable bonds is 1. The van der Waals surface area contributed by atoms with E-state index in [1.54, 1.807) is 6.07 Å². The number of benzene rings is 2. The van der Waals surface area contributed by atoms with Crippen molar-refractivity contribution in [1.82, 2.24) is 4.98 Å². The van der Waals surface area contributed by atoms with Gasteiger partial charge in [0.15, 0.2) is 0 Å². The van der Waals surface area contributed by atoms with E-state index in [9.17, 15) is 5.21 Å². The Morgan fingerprint density at radius 3 is 2.39 bits per heavy atom. The summed E-state index contributed by atoms with van der Waals surface area (Å²) in [6.07, 6.45) is 0. The van der Waals surface area contributed by atoms with Crippen LogP contribution in [0.3, 0.4) is 0 Å². The molecule has 18 heavy (non-hydrogen) atoms. The number of aryl methyl sites for hydroxylation is 1. The first kappa shape index (κ1) is 10.7. The first-order valence-corrected chi connectivity index (χ1v) is 5.82. The second-order valence-electron chi connectivity index (χ2n) is 4.19. The van der Waals surface area contributed by atoms with Crippen LogP contribution in [-0.4, -0.2) is 4.98 Å². The molecule has 0 N–H and O–H groups in total. The molecule has 0 radical (unpaired) electrons. The topological polar surface area (TPSA) is 39.8 Å². The fraction of sp³-hybridized carbons (Fsp3) is 0.0667. The van der Waals surface area contributed by atoms with Gasteiger partial charge in [-0.3, -0.25) is 0 Å². The average Bonchev–Trinajstić information content (AvgIpc) is 2.40. The highest BCUT2D eigenvalue weighted by atomic mass is 16.5. The van der Waals surface area contributed by atoms with Gasteiger partial charge in [-0.25, -0.2) is 4.98 Å². The number of hydrogen-bond donors (Lipinski definition) is 0. The van der Waals surface area contributed by atoms with Crippen molar-refractivity contribution in [2.24, 2.45) is 0 Å². The molecule has 1 heterocycles. The predicted octanol–water partition coefficient (Wildman–Crippen LogP) is 2.84. The van der Waals surface area contributed by atoms with E-state index in [0.717, 1.165) is 21.5 Å². The SMILES string of the molecule is Cc1nc2ccccc2[n+]([O-])c1-c1ccccc1. The lowest BCUT2D eigenvalue weighted by Gasteiger charge is -2.09. The Labute approximate surface area is 105 Å². The zero-order valence-corrected chi connectivity index (χ0v) is 10.00. The van der Waals surface area contributed by atoms with E-state index in [0.29, 0.717) is 11.2 Å². The van der Waals surface area contributed by atoms with Gasteiger partial charge in [0.25, 0.3) is 0 Å². The number of aromatic nitrogens is 2. The fourth-order valence-corrected chi connectivity index (χ4v) is 2.15. The molecule has 3 heteroatoms. The highest BCUT2D eigenvalue weighted by Crippen LogP contribution is 2.20. The summed E-state index contributed by atoms with van der Waals surface area (Å²) >= 11 is 0. The van der Waals surface area contributed by atoms with Gasteiger partial charge in [-0.15, -0.1) is 0 Å². The summed E-state index contributed by atoms with van der Waals surface area (Å²) < 4.78 is 0.965. The molecule has 0 saturated heterocycles. The minimum Gasteiger partial charge on any atom is -0.618 e. The number of hydrogen-bond acceptors (Lipinski definition) is 2. The maximum Gasteiger partial charge on any atom is 0.245 e.